The number of carbonyl (C=O) groups excluding carboxylic acids is 1. The molecule has 1 aliphatic heterocycles. The SMILES string of the molecule is Cc1nn(C(C)C)c(NCC2CCC(=O)N2)c1[N+](=O)[O-]. The zero-order valence-corrected chi connectivity index (χ0v) is 11.8. The van der Waals surface area contributed by atoms with E-state index in [4.69, 9.17) is 0 Å². The molecule has 2 N–H and O–H groups in total. The number of hydrogen-bond acceptors (Lipinski definition) is 5. The van der Waals surface area contributed by atoms with Crippen molar-refractivity contribution in [2.24, 2.45) is 0 Å². The maximum atomic E-state index is 11.2. The Morgan fingerprint density at radius 3 is 2.80 bits per heavy atom. The average Bonchev–Trinajstić information content (AvgIpc) is 2.90. The fourth-order valence-corrected chi connectivity index (χ4v) is 2.35. The van der Waals surface area contributed by atoms with Crippen LogP contribution in [0.25, 0.3) is 0 Å². The minimum Gasteiger partial charge on any atom is -0.362 e. The molecule has 8 nitrogen and oxygen atoms in total. The lowest BCUT2D eigenvalue weighted by atomic mass is 10.2. The number of nitro groups is 1. The molecule has 1 aliphatic rings. The van der Waals surface area contributed by atoms with Crippen LogP contribution in [0.3, 0.4) is 0 Å². The van der Waals surface area contributed by atoms with E-state index in [0.717, 1.165) is 6.42 Å². The highest BCUT2D eigenvalue weighted by Gasteiger charge is 2.28. The number of rotatable bonds is 5. The van der Waals surface area contributed by atoms with Crippen LogP contribution in [0.5, 0.6) is 0 Å². The number of nitrogens with one attached hydrogen (secondary N) is 2. The van der Waals surface area contributed by atoms with Crippen molar-refractivity contribution in [3.8, 4) is 0 Å². The predicted molar refractivity (Wildman–Crippen MR) is 73.7 cm³/mol. The Bertz CT molecular complexity index is 537. The van der Waals surface area contributed by atoms with E-state index in [1.54, 1.807) is 11.6 Å². The van der Waals surface area contributed by atoms with Crippen molar-refractivity contribution in [1.29, 1.82) is 0 Å². The van der Waals surface area contributed by atoms with Gasteiger partial charge in [-0.2, -0.15) is 5.10 Å². The van der Waals surface area contributed by atoms with Gasteiger partial charge in [0.15, 0.2) is 0 Å². The first kappa shape index (κ1) is 14.3. The van der Waals surface area contributed by atoms with Crippen molar-refractivity contribution in [3.63, 3.8) is 0 Å². The molecule has 2 rings (SSSR count). The summed E-state index contributed by atoms with van der Waals surface area (Å²) in [6, 6.07) is 0.0287. The van der Waals surface area contributed by atoms with Gasteiger partial charge in [0, 0.05) is 25.0 Å². The Morgan fingerprint density at radius 1 is 1.60 bits per heavy atom. The van der Waals surface area contributed by atoms with Crippen LogP contribution in [0, 0.1) is 17.0 Å². The van der Waals surface area contributed by atoms with Gasteiger partial charge < -0.3 is 10.6 Å². The summed E-state index contributed by atoms with van der Waals surface area (Å²) in [7, 11) is 0. The number of nitrogens with zero attached hydrogens (tertiary/aromatic N) is 3. The molecule has 1 saturated heterocycles. The van der Waals surface area contributed by atoms with Crippen molar-refractivity contribution in [2.75, 3.05) is 11.9 Å². The molecule has 1 fully saturated rings. The van der Waals surface area contributed by atoms with Crippen LogP contribution < -0.4 is 10.6 Å². The van der Waals surface area contributed by atoms with E-state index in [1.807, 2.05) is 13.8 Å². The highest BCUT2D eigenvalue weighted by atomic mass is 16.6. The number of anilines is 1. The second-order valence-electron chi connectivity index (χ2n) is 5.26. The quantitative estimate of drug-likeness (QED) is 0.627. The molecule has 0 spiro atoms. The first-order chi connectivity index (χ1) is 9.40. The third kappa shape index (κ3) is 2.73. The molecule has 1 amide bonds. The Balaban J connectivity index is 2.20. The van der Waals surface area contributed by atoms with Gasteiger partial charge in [-0.15, -0.1) is 0 Å². The van der Waals surface area contributed by atoms with Crippen molar-refractivity contribution in [1.82, 2.24) is 15.1 Å². The van der Waals surface area contributed by atoms with Gasteiger partial charge >= 0.3 is 5.69 Å². The fourth-order valence-electron chi connectivity index (χ4n) is 2.35. The third-order valence-electron chi connectivity index (χ3n) is 3.33. The van der Waals surface area contributed by atoms with E-state index in [-0.39, 0.29) is 23.7 Å². The Morgan fingerprint density at radius 2 is 2.30 bits per heavy atom. The maximum Gasteiger partial charge on any atom is 0.333 e. The number of aromatic nitrogens is 2. The molecule has 110 valence electrons. The number of carbonyl (C=O) groups is 1. The van der Waals surface area contributed by atoms with Crippen LogP contribution in [0.4, 0.5) is 11.5 Å². The molecule has 20 heavy (non-hydrogen) atoms. The van der Waals surface area contributed by atoms with E-state index in [1.165, 1.54) is 0 Å². The van der Waals surface area contributed by atoms with E-state index in [0.29, 0.717) is 24.5 Å². The van der Waals surface area contributed by atoms with Crippen LogP contribution in [0.1, 0.15) is 38.4 Å². The van der Waals surface area contributed by atoms with Gasteiger partial charge in [0.2, 0.25) is 11.7 Å². The predicted octanol–water partition coefficient (Wildman–Crippen LogP) is 1.37. The van der Waals surface area contributed by atoms with Gasteiger partial charge in [0.1, 0.15) is 5.69 Å². The molecule has 0 radical (unpaired) electrons. The Hall–Kier alpha value is -2.12. The van der Waals surface area contributed by atoms with Crippen LogP contribution in [-0.4, -0.2) is 33.2 Å². The lowest BCUT2D eigenvalue weighted by Crippen LogP contribution is -2.32. The van der Waals surface area contributed by atoms with Gasteiger partial charge in [-0.05, 0) is 27.2 Å². The summed E-state index contributed by atoms with van der Waals surface area (Å²) >= 11 is 0. The van der Waals surface area contributed by atoms with Gasteiger partial charge in [0.05, 0.1) is 4.92 Å². The standard InChI is InChI=1S/C12H19N5O3/c1-7(2)16-12(11(17(19)20)8(3)15-16)13-6-9-4-5-10(18)14-9/h7,9,13H,4-6H2,1-3H3,(H,14,18). The van der Waals surface area contributed by atoms with Crippen LogP contribution in [-0.2, 0) is 4.79 Å². The molecular weight excluding hydrogens is 262 g/mol. The van der Waals surface area contributed by atoms with Crippen molar-refractivity contribution >= 4 is 17.4 Å². The van der Waals surface area contributed by atoms with Gasteiger partial charge in [-0.1, -0.05) is 0 Å². The smallest absolute Gasteiger partial charge is 0.333 e. The zero-order valence-electron chi connectivity index (χ0n) is 11.8. The molecule has 1 atom stereocenters. The molecule has 0 aliphatic carbocycles. The summed E-state index contributed by atoms with van der Waals surface area (Å²) in [4.78, 5) is 21.9. The summed E-state index contributed by atoms with van der Waals surface area (Å²) in [5, 5.41) is 21.3. The summed E-state index contributed by atoms with van der Waals surface area (Å²) in [6.07, 6.45) is 1.26. The molecule has 0 saturated carbocycles. The first-order valence-electron chi connectivity index (χ1n) is 6.67. The second kappa shape index (κ2) is 5.48. The van der Waals surface area contributed by atoms with Gasteiger partial charge in [-0.25, -0.2) is 4.68 Å². The lowest BCUT2D eigenvalue weighted by molar-refractivity contribution is -0.384. The molecule has 1 aromatic rings. The third-order valence-corrected chi connectivity index (χ3v) is 3.33. The minimum atomic E-state index is -0.420. The fraction of sp³-hybridized carbons (Fsp3) is 0.667. The molecular formula is C12H19N5O3. The normalized spacial score (nSPS) is 18.4. The molecule has 8 heteroatoms. The molecule has 2 heterocycles. The average molecular weight is 281 g/mol. The van der Waals surface area contributed by atoms with Crippen LogP contribution in [0.15, 0.2) is 0 Å². The summed E-state index contributed by atoms with van der Waals surface area (Å²) in [6.45, 7) is 5.92. The maximum absolute atomic E-state index is 11.2. The van der Waals surface area contributed by atoms with E-state index >= 15 is 0 Å². The van der Waals surface area contributed by atoms with Crippen molar-refractivity contribution in [3.05, 3.63) is 15.8 Å². The topological polar surface area (TPSA) is 102 Å². The largest absolute Gasteiger partial charge is 0.362 e. The lowest BCUT2D eigenvalue weighted by Gasteiger charge is -2.15. The number of aryl methyl sites for hydroxylation is 1. The number of hydrogen-bond donors (Lipinski definition) is 2. The minimum absolute atomic E-state index is 0.00280. The number of amides is 1. The van der Waals surface area contributed by atoms with E-state index < -0.39 is 4.92 Å². The molecule has 1 aromatic heterocycles. The summed E-state index contributed by atoms with van der Waals surface area (Å²) < 4.78 is 1.62. The highest BCUT2D eigenvalue weighted by molar-refractivity contribution is 5.78. The first-order valence-corrected chi connectivity index (χ1v) is 6.67. The molecule has 0 aromatic carbocycles. The zero-order chi connectivity index (χ0) is 14.9. The summed E-state index contributed by atoms with van der Waals surface area (Å²) in [5.41, 5.74) is 0.393. The molecule has 0 bridgehead atoms. The second-order valence-corrected chi connectivity index (χ2v) is 5.26. The molecule has 1 unspecified atom stereocenters. The van der Waals surface area contributed by atoms with E-state index in [9.17, 15) is 14.9 Å². The van der Waals surface area contributed by atoms with Gasteiger partial charge in [0.25, 0.3) is 0 Å². The Labute approximate surface area is 116 Å². The van der Waals surface area contributed by atoms with E-state index in [2.05, 4.69) is 15.7 Å². The monoisotopic (exact) mass is 281 g/mol. The van der Waals surface area contributed by atoms with Crippen molar-refractivity contribution < 1.29 is 9.72 Å². The summed E-state index contributed by atoms with van der Waals surface area (Å²) in [5.74, 6) is 0.434. The van der Waals surface area contributed by atoms with Crippen molar-refractivity contribution in [2.45, 2.75) is 45.7 Å². The Kier molecular flexibility index (Phi) is 3.91. The van der Waals surface area contributed by atoms with Crippen LogP contribution in [0.2, 0.25) is 0 Å². The van der Waals surface area contributed by atoms with Crippen LogP contribution >= 0.6 is 0 Å². The van der Waals surface area contributed by atoms with Gasteiger partial charge in [-0.3, -0.25) is 14.9 Å². The highest BCUT2D eigenvalue weighted by Crippen LogP contribution is 2.30.